The summed E-state index contributed by atoms with van der Waals surface area (Å²) in [5.74, 6) is 5.90. The maximum atomic E-state index is 3.51. The van der Waals surface area contributed by atoms with E-state index in [0.29, 0.717) is 0 Å². The standard InChI is InChI=1S/C12H14BrN/c1-2-3-6-9-14-10-11-7-4-5-8-12(11)13/h4-5,7-8,14H,6,9-10H2,1H3. The largest absolute Gasteiger partial charge is 0.312 e. The summed E-state index contributed by atoms with van der Waals surface area (Å²) in [6.45, 7) is 3.71. The zero-order chi connectivity index (χ0) is 10.2. The molecule has 0 saturated heterocycles. The predicted molar refractivity (Wildman–Crippen MR) is 63.9 cm³/mol. The van der Waals surface area contributed by atoms with Gasteiger partial charge in [-0.25, -0.2) is 0 Å². The van der Waals surface area contributed by atoms with Crippen molar-refractivity contribution in [2.75, 3.05) is 6.54 Å². The van der Waals surface area contributed by atoms with Gasteiger partial charge in [-0.2, -0.15) is 0 Å². The van der Waals surface area contributed by atoms with E-state index in [0.717, 1.165) is 24.0 Å². The summed E-state index contributed by atoms with van der Waals surface area (Å²) in [5.41, 5.74) is 1.29. The van der Waals surface area contributed by atoms with Gasteiger partial charge in [0.2, 0.25) is 0 Å². The average molecular weight is 252 g/mol. The molecule has 0 aromatic heterocycles. The first-order valence-corrected chi connectivity index (χ1v) is 5.47. The summed E-state index contributed by atoms with van der Waals surface area (Å²) >= 11 is 3.51. The lowest BCUT2D eigenvalue weighted by Gasteiger charge is -2.04. The molecule has 1 aromatic rings. The van der Waals surface area contributed by atoms with Crippen LogP contribution >= 0.6 is 15.9 Å². The van der Waals surface area contributed by atoms with E-state index in [4.69, 9.17) is 0 Å². The Labute approximate surface area is 94.0 Å². The molecule has 14 heavy (non-hydrogen) atoms. The SMILES string of the molecule is CC#CCCNCc1ccccc1Br. The molecular weight excluding hydrogens is 238 g/mol. The minimum absolute atomic E-state index is 0.896. The Morgan fingerprint density at radius 3 is 2.86 bits per heavy atom. The molecule has 1 rings (SSSR count). The van der Waals surface area contributed by atoms with Gasteiger partial charge in [0.25, 0.3) is 0 Å². The van der Waals surface area contributed by atoms with E-state index >= 15 is 0 Å². The third-order valence-corrected chi connectivity index (χ3v) is 2.65. The molecule has 0 aliphatic heterocycles. The van der Waals surface area contributed by atoms with Crippen molar-refractivity contribution in [3.8, 4) is 11.8 Å². The predicted octanol–water partition coefficient (Wildman–Crippen LogP) is 2.95. The van der Waals surface area contributed by atoms with Crippen LogP contribution in [-0.2, 0) is 6.54 Å². The van der Waals surface area contributed by atoms with Crippen LogP contribution in [0, 0.1) is 11.8 Å². The number of nitrogens with one attached hydrogen (secondary N) is 1. The lowest BCUT2D eigenvalue weighted by atomic mass is 10.2. The number of hydrogen-bond donors (Lipinski definition) is 1. The molecule has 1 nitrogen and oxygen atoms in total. The summed E-state index contributed by atoms with van der Waals surface area (Å²) in [6.07, 6.45) is 0.918. The highest BCUT2D eigenvalue weighted by Gasteiger charge is 1.95. The van der Waals surface area contributed by atoms with Crippen molar-refractivity contribution in [2.24, 2.45) is 0 Å². The fraction of sp³-hybridized carbons (Fsp3) is 0.333. The molecule has 0 spiro atoms. The second-order valence-corrected chi connectivity index (χ2v) is 3.80. The third kappa shape index (κ3) is 3.95. The molecule has 0 saturated carbocycles. The molecule has 0 atom stereocenters. The average Bonchev–Trinajstić information content (AvgIpc) is 2.20. The first kappa shape index (κ1) is 11.3. The smallest absolute Gasteiger partial charge is 0.0220 e. The van der Waals surface area contributed by atoms with Gasteiger partial charge in [0.15, 0.2) is 0 Å². The van der Waals surface area contributed by atoms with E-state index in [1.807, 2.05) is 19.1 Å². The summed E-state index contributed by atoms with van der Waals surface area (Å²) in [5, 5.41) is 3.34. The van der Waals surface area contributed by atoms with Crippen LogP contribution in [0.5, 0.6) is 0 Å². The lowest BCUT2D eigenvalue weighted by Crippen LogP contribution is -2.14. The van der Waals surface area contributed by atoms with Gasteiger partial charge in [0, 0.05) is 24.0 Å². The van der Waals surface area contributed by atoms with Gasteiger partial charge in [0.05, 0.1) is 0 Å². The second-order valence-electron chi connectivity index (χ2n) is 2.94. The first-order valence-electron chi connectivity index (χ1n) is 4.68. The number of benzene rings is 1. The van der Waals surface area contributed by atoms with Crippen LogP contribution in [0.1, 0.15) is 18.9 Å². The fourth-order valence-electron chi connectivity index (χ4n) is 1.14. The van der Waals surface area contributed by atoms with E-state index in [1.54, 1.807) is 0 Å². The van der Waals surface area contributed by atoms with Crippen LogP contribution in [0.2, 0.25) is 0 Å². The molecule has 1 aromatic carbocycles. The Hall–Kier alpha value is -0.780. The Bertz CT molecular complexity index is 336. The first-order chi connectivity index (χ1) is 6.84. The van der Waals surface area contributed by atoms with Gasteiger partial charge in [-0.3, -0.25) is 0 Å². The van der Waals surface area contributed by atoms with E-state index in [9.17, 15) is 0 Å². The Balaban J connectivity index is 2.30. The molecule has 0 radical (unpaired) electrons. The number of rotatable bonds is 4. The molecule has 0 unspecified atom stereocenters. The molecule has 2 heteroatoms. The highest BCUT2D eigenvalue weighted by atomic mass is 79.9. The van der Waals surface area contributed by atoms with Crippen molar-refractivity contribution >= 4 is 15.9 Å². The van der Waals surface area contributed by atoms with Crippen molar-refractivity contribution in [3.63, 3.8) is 0 Å². The normalized spacial score (nSPS) is 9.29. The number of halogens is 1. The second kappa shape index (κ2) is 6.64. The van der Waals surface area contributed by atoms with Crippen molar-refractivity contribution in [3.05, 3.63) is 34.3 Å². The quantitative estimate of drug-likeness (QED) is 0.641. The molecule has 0 amide bonds. The van der Waals surface area contributed by atoms with Gasteiger partial charge in [-0.05, 0) is 18.6 Å². The maximum Gasteiger partial charge on any atom is 0.0220 e. The zero-order valence-electron chi connectivity index (χ0n) is 8.31. The van der Waals surface area contributed by atoms with E-state index in [-0.39, 0.29) is 0 Å². The molecule has 0 bridgehead atoms. The van der Waals surface area contributed by atoms with Crippen molar-refractivity contribution in [1.82, 2.24) is 5.32 Å². The van der Waals surface area contributed by atoms with E-state index in [1.165, 1.54) is 5.56 Å². The van der Waals surface area contributed by atoms with Crippen LogP contribution in [0.3, 0.4) is 0 Å². The fourth-order valence-corrected chi connectivity index (χ4v) is 1.57. The van der Waals surface area contributed by atoms with Crippen molar-refractivity contribution in [1.29, 1.82) is 0 Å². The van der Waals surface area contributed by atoms with Crippen LogP contribution in [0.15, 0.2) is 28.7 Å². The van der Waals surface area contributed by atoms with Crippen molar-refractivity contribution in [2.45, 2.75) is 19.9 Å². The molecule has 1 N–H and O–H groups in total. The lowest BCUT2D eigenvalue weighted by molar-refractivity contribution is 0.699. The molecule has 0 heterocycles. The minimum atomic E-state index is 0.896. The molecule has 74 valence electrons. The summed E-state index contributed by atoms with van der Waals surface area (Å²) in [7, 11) is 0. The summed E-state index contributed by atoms with van der Waals surface area (Å²) in [4.78, 5) is 0. The maximum absolute atomic E-state index is 3.51. The van der Waals surface area contributed by atoms with Gasteiger partial charge in [-0.15, -0.1) is 11.8 Å². The Kier molecular flexibility index (Phi) is 5.36. The van der Waals surface area contributed by atoms with Crippen LogP contribution < -0.4 is 5.32 Å². The topological polar surface area (TPSA) is 12.0 Å². The van der Waals surface area contributed by atoms with Gasteiger partial charge in [-0.1, -0.05) is 34.1 Å². The van der Waals surface area contributed by atoms with Crippen molar-refractivity contribution < 1.29 is 0 Å². The summed E-state index contributed by atoms with van der Waals surface area (Å²) < 4.78 is 1.16. The van der Waals surface area contributed by atoms with Gasteiger partial charge < -0.3 is 5.32 Å². The van der Waals surface area contributed by atoms with Gasteiger partial charge in [0.1, 0.15) is 0 Å². The van der Waals surface area contributed by atoms with Gasteiger partial charge >= 0.3 is 0 Å². The summed E-state index contributed by atoms with van der Waals surface area (Å²) in [6, 6.07) is 8.25. The van der Waals surface area contributed by atoms with Crippen LogP contribution in [-0.4, -0.2) is 6.54 Å². The zero-order valence-corrected chi connectivity index (χ0v) is 9.89. The molecule has 0 fully saturated rings. The number of hydrogen-bond acceptors (Lipinski definition) is 1. The van der Waals surface area contributed by atoms with E-state index in [2.05, 4.69) is 45.2 Å². The van der Waals surface area contributed by atoms with Crippen LogP contribution in [0.25, 0.3) is 0 Å². The van der Waals surface area contributed by atoms with Crippen LogP contribution in [0.4, 0.5) is 0 Å². The molecule has 0 aliphatic rings. The Morgan fingerprint density at radius 1 is 1.36 bits per heavy atom. The highest BCUT2D eigenvalue weighted by Crippen LogP contribution is 2.14. The minimum Gasteiger partial charge on any atom is -0.312 e. The monoisotopic (exact) mass is 251 g/mol. The third-order valence-electron chi connectivity index (χ3n) is 1.88. The van der Waals surface area contributed by atoms with E-state index < -0.39 is 0 Å². The molecule has 0 aliphatic carbocycles. The molecular formula is C12H14BrN. The highest BCUT2D eigenvalue weighted by molar-refractivity contribution is 9.10. The Morgan fingerprint density at radius 2 is 2.14 bits per heavy atom.